The molecular formula is C8H11O2Y2-5. The molecule has 4 heteroatoms. The molecule has 0 N–H and O–H groups in total. The summed E-state index contributed by atoms with van der Waals surface area (Å²) < 4.78 is 0. The summed E-state index contributed by atoms with van der Waals surface area (Å²) in [5.41, 5.74) is 0. The van der Waals surface area contributed by atoms with Crippen LogP contribution < -0.4 is 0 Å². The predicted molar refractivity (Wildman–Crippen MR) is 40.7 cm³/mol. The molecule has 0 aliphatic rings. The summed E-state index contributed by atoms with van der Waals surface area (Å²) in [7, 11) is 0. The number of carbonyl (C=O) groups excluding carboxylic acids is 2. The van der Waals surface area contributed by atoms with Crippen molar-refractivity contribution in [1.29, 1.82) is 0 Å². The Kier molecular flexibility index (Phi) is 34.6. The van der Waals surface area contributed by atoms with Gasteiger partial charge in [-0.2, -0.15) is 6.42 Å². The van der Waals surface area contributed by atoms with Crippen LogP contribution in [-0.4, -0.2) is 11.6 Å². The van der Waals surface area contributed by atoms with E-state index in [-0.39, 0.29) is 78.4 Å². The average Bonchev–Trinajstić information content (AvgIpc) is 1.89. The number of hydrogen-bond acceptors (Lipinski definition) is 2. The molecule has 0 aromatic heterocycles. The first-order valence-electron chi connectivity index (χ1n) is 2.59. The molecule has 0 unspecified atom stereocenters. The Morgan fingerprint density at radius 1 is 1.33 bits per heavy atom. The maximum absolute atomic E-state index is 9.64. The van der Waals surface area contributed by atoms with Gasteiger partial charge in [-0.1, -0.05) is 0 Å². The van der Waals surface area contributed by atoms with Gasteiger partial charge in [0.25, 0.3) is 0 Å². The van der Waals surface area contributed by atoms with E-state index in [2.05, 4.69) is 27.4 Å². The molecule has 0 rings (SSSR count). The quantitative estimate of drug-likeness (QED) is 0.565. The van der Waals surface area contributed by atoms with Gasteiger partial charge in [0.15, 0.2) is 0 Å². The molecule has 0 aromatic carbocycles. The first-order chi connectivity index (χ1) is 4.54. The zero-order valence-corrected chi connectivity index (χ0v) is 12.6. The number of ketones is 2. The number of allylic oxidation sites excluding steroid dienone is 1. The van der Waals surface area contributed by atoms with Gasteiger partial charge in [0.1, 0.15) is 0 Å². The van der Waals surface area contributed by atoms with Crippen molar-refractivity contribution in [2.45, 2.75) is 6.42 Å². The largest absolute Gasteiger partial charge is 1.00 e. The molecule has 0 aromatic rings. The van der Waals surface area contributed by atoms with Crippen LogP contribution in [0.4, 0.5) is 0 Å². The Hall–Kier alpha value is 1.03. The summed E-state index contributed by atoms with van der Waals surface area (Å²) in [4.78, 5) is 19.2. The van der Waals surface area contributed by atoms with Crippen LogP contribution in [0, 0.1) is 27.4 Å². The van der Waals surface area contributed by atoms with Gasteiger partial charge in [-0.25, -0.2) is 0 Å². The fourth-order valence-corrected chi connectivity index (χ4v) is 0. The van der Waals surface area contributed by atoms with E-state index in [4.69, 9.17) is 0 Å². The zero-order valence-electron chi connectivity index (χ0n) is 7.95. The van der Waals surface area contributed by atoms with E-state index in [0.717, 1.165) is 6.08 Å². The second-order valence-electron chi connectivity index (χ2n) is 1.42. The van der Waals surface area contributed by atoms with Crippen LogP contribution in [0.3, 0.4) is 0 Å². The summed E-state index contributed by atoms with van der Waals surface area (Å²) in [6, 6.07) is 0. The van der Waals surface area contributed by atoms with Crippen molar-refractivity contribution in [3.8, 4) is 0 Å². The van der Waals surface area contributed by atoms with Crippen molar-refractivity contribution < 1.29 is 76.4 Å². The number of carbonyl (C=O) groups is 2. The van der Waals surface area contributed by atoms with E-state index in [1.54, 1.807) is 0 Å². The predicted octanol–water partition coefficient (Wildman–Crippen LogP) is 1.10. The normalized spacial score (nSPS) is 5.75. The van der Waals surface area contributed by atoms with E-state index in [1.165, 1.54) is 0 Å². The topological polar surface area (TPSA) is 34.1 Å². The minimum absolute atomic E-state index is 0. The van der Waals surface area contributed by atoms with Crippen molar-refractivity contribution in [3.63, 3.8) is 0 Å². The summed E-state index contributed by atoms with van der Waals surface area (Å²) >= 11 is 0. The minimum Gasteiger partial charge on any atom is -1.00 e. The molecule has 0 saturated carbocycles. The standard InChI is InChI=1S/C4H6O.C4H4O.2Y.H/c2*1-3-4(2)5;;;/h1-3H2;1,3H,2H2;;;/q2*-2;;;-1. The van der Waals surface area contributed by atoms with E-state index >= 15 is 0 Å². The van der Waals surface area contributed by atoms with Crippen LogP contribution in [0.25, 0.3) is 0 Å². The maximum Gasteiger partial charge on any atom is 0 e. The Bertz CT molecular complexity index is 138. The van der Waals surface area contributed by atoms with Crippen LogP contribution >= 0.6 is 0 Å². The molecule has 0 aliphatic carbocycles. The average molecular weight is 317 g/mol. The first kappa shape index (κ1) is 23.1. The second kappa shape index (κ2) is 17.9. The van der Waals surface area contributed by atoms with Gasteiger partial charge in [0.05, 0.1) is 0 Å². The van der Waals surface area contributed by atoms with E-state index in [9.17, 15) is 9.59 Å². The number of rotatable bonds is 2. The third-order valence-electron chi connectivity index (χ3n) is 0.465. The molecule has 2 radical (unpaired) electrons. The van der Waals surface area contributed by atoms with Crippen molar-refractivity contribution >= 4 is 11.6 Å². The molecule has 0 saturated heterocycles. The molecule has 0 spiro atoms. The fourth-order valence-electron chi connectivity index (χ4n) is 0. The van der Waals surface area contributed by atoms with Crippen LogP contribution in [0.2, 0.25) is 0 Å². The molecule has 66 valence electrons. The molecular weight excluding hydrogens is 306 g/mol. The summed E-state index contributed by atoms with van der Waals surface area (Å²) in [6.45, 7) is 13.9. The monoisotopic (exact) mass is 317 g/mol. The van der Waals surface area contributed by atoms with Gasteiger partial charge in [0.2, 0.25) is 0 Å². The summed E-state index contributed by atoms with van der Waals surface area (Å²) in [5, 5.41) is 0. The Balaban J connectivity index is -0.0000000267. The number of hydrogen-bond donors (Lipinski definition) is 0. The van der Waals surface area contributed by atoms with Crippen molar-refractivity contribution in [2.24, 2.45) is 0 Å². The van der Waals surface area contributed by atoms with E-state index in [0.29, 0.717) is 6.42 Å². The zero-order chi connectivity index (χ0) is 8.57. The van der Waals surface area contributed by atoms with Crippen molar-refractivity contribution in [1.82, 2.24) is 0 Å². The van der Waals surface area contributed by atoms with Gasteiger partial charge >= 0.3 is 0 Å². The maximum atomic E-state index is 9.64. The third-order valence-corrected chi connectivity index (χ3v) is 0.465. The van der Waals surface area contributed by atoms with Crippen LogP contribution in [-0.2, 0) is 75.0 Å². The van der Waals surface area contributed by atoms with E-state index < -0.39 is 0 Å². The van der Waals surface area contributed by atoms with Crippen LogP contribution in [0.1, 0.15) is 7.85 Å². The minimum atomic E-state index is -0.343. The van der Waals surface area contributed by atoms with Crippen LogP contribution in [0.5, 0.6) is 0 Å². The molecule has 0 fully saturated rings. The Morgan fingerprint density at radius 3 is 1.50 bits per heavy atom. The second-order valence-corrected chi connectivity index (χ2v) is 1.42. The van der Waals surface area contributed by atoms with E-state index in [1.807, 2.05) is 0 Å². The molecule has 0 heterocycles. The molecule has 0 bridgehead atoms. The molecule has 0 atom stereocenters. The molecule has 12 heavy (non-hydrogen) atoms. The smallest absolute Gasteiger partial charge is 0 e. The van der Waals surface area contributed by atoms with Gasteiger partial charge in [0, 0.05) is 65.4 Å². The third kappa shape index (κ3) is 43.9. The van der Waals surface area contributed by atoms with Gasteiger partial charge in [-0.3, -0.25) is 6.92 Å². The van der Waals surface area contributed by atoms with Gasteiger partial charge in [-0.15, -0.1) is 5.78 Å². The van der Waals surface area contributed by atoms with Crippen molar-refractivity contribution in [3.05, 3.63) is 33.4 Å². The molecule has 0 amide bonds. The SMILES string of the molecule is [CH-]=CC([CH2-])=O.[CH2-]CC([CH2-])=O.[H-].[Y].[Y]. The van der Waals surface area contributed by atoms with Crippen molar-refractivity contribution in [2.75, 3.05) is 0 Å². The fraction of sp³-hybridized carbons (Fsp3) is 0.125. The Morgan fingerprint density at radius 2 is 1.50 bits per heavy atom. The van der Waals surface area contributed by atoms with Gasteiger partial charge in [-0.05, 0) is 5.78 Å². The summed E-state index contributed by atoms with van der Waals surface area (Å²) in [5.74, 6) is -0.449. The number of Topliss-reactive ketones (excluding diaryl/α,β-unsaturated/α-hetero) is 1. The summed E-state index contributed by atoms with van der Waals surface area (Å²) in [6.07, 6.45) is 1.22. The molecule has 2 nitrogen and oxygen atoms in total. The first-order valence-corrected chi connectivity index (χ1v) is 2.59. The van der Waals surface area contributed by atoms with Gasteiger partial charge < -0.3 is 37.5 Å². The van der Waals surface area contributed by atoms with Crippen LogP contribution in [0.15, 0.2) is 6.08 Å². The molecule has 0 aliphatic heterocycles. The Labute approximate surface area is 126 Å².